The fourth-order valence-corrected chi connectivity index (χ4v) is 2.17. The van der Waals surface area contributed by atoms with Gasteiger partial charge < -0.3 is 16.0 Å². The smallest absolute Gasteiger partial charge is 0.319 e. The first-order chi connectivity index (χ1) is 8.74. The zero-order valence-electron chi connectivity index (χ0n) is 10.2. The Morgan fingerprint density at radius 1 is 1.39 bits per heavy atom. The van der Waals surface area contributed by atoms with E-state index in [0.29, 0.717) is 17.5 Å². The van der Waals surface area contributed by atoms with Gasteiger partial charge in [0.1, 0.15) is 0 Å². The van der Waals surface area contributed by atoms with E-state index >= 15 is 0 Å². The van der Waals surface area contributed by atoms with Crippen molar-refractivity contribution in [2.24, 2.45) is 5.92 Å². The van der Waals surface area contributed by atoms with E-state index in [-0.39, 0.29) is 6.03 Å². The third kappa shape index (κ3) is 4.20. The van der Waals surface area contributed by atoms with Crippen molar-refractivity contribution in [1.29, 1.82) is 0 Å². The van der Waals surface area contributed by atoms with Crippen molar-refractivity contribution in [3.05, 3.63) is 29.3 Å². The van der Waals surface area contributed by atoms with E-state index in [4.69, 9.17) is 11.6 Å². The second kappa shape index (κ2) is 6.61. The molecular formula is C13H18ClN3O. The number of halogens is 1. The summed E-state index contributed by atoms with van der Waals surface area (Å²) in [5.74, 6) is 0.537. The average molecular weight is 268 g/mol. The van der Waals surface area contributed by atoms with Crippen LogP contribution in [0, 0.1) is 5.92 Å². The van der Waals surface area contributed by atoms with Gasteiger partial charge in [-0.05, 0) is 56.1 Å². The van der Waals surface area contributed by atoms with Crippen LogP contribution in [0.25, 0.3) is 0 Å². The van der Waals surface area contributed by atoms with Crippen LogP contribution in [0.1, 0.15) is 12.8 Å². The van der Waals surface area contributed by atoms with Crippen LogP contribution in [0.5, 0.6) is 0 Å². The number of hydrogen-bond acceptors (Lipinski definition) is 2. The van der Waals surface area contributed by atoms with Gasteiger partial charge >= 0.3 is 6.03 Å². The maximum atomic E-state index is 11.7. The second-order valence-electron chi connectivity index (χ2n) is 4.55. The summed E-state index contributed by atoms with van der Waals surface area (Å²) in [6, 6.07) is 6.90. The number of urea groups is 1. The molecule has 1 fully saturated rings. The van der Waals surface area contributed by atoms with Crippen molar-refractivity contribution in [2.45, 2.75) is 12.8 Å². The fourth-order valence-electron chi connectivity index (χ4n) is 2.04. The molecule has 1 unspecified atom stereocenters. The highest BCUT2D eigenvalue weighted by Gasteiger charge is 2.13. The molecule has 1 aliphatic heterocycles. The maximum Gasteiger partial charge on any atom is 0.319 e. The molecule has 0 spiro atoms. The lowest BCUT2D eigenvalue weighted by molar-refractivity contribution is 0.248. The molecule has 1 aliphatic rings. The van der Waals surface area contributed by atoms with Crippen molar-refractivity contribution in [3.63, 3.8) is 0 Å². The number of piperidine rings is 1. The normalized spacial score (nSPS) is 19.3. The molecule has 0 aromatic heterocycles. The van der Waals surface area contributed by atoms with Crippen molar-refractivity contribution >= 4 is 23.3 Å². The molecule has 1 heterocycles. The summed E-state index contributed by atoms with van der Waals surface area (Å²) in [7, 11) is 0. The van der Waals surface area contributed by atoms with Crippen LogP contribution >= 0.6 is 11.6 Å². The summed E-state index contributed by atoms with van der Waals surface area (Å²) in [6.07, 6.45) is 2.36. The first-order valence-electron chi connectivity index (χ1n) is 6.25. The molecule has 0 radical (unpaired) electrons. The maximum absolute atomic E-state index is 11.7. The number of rotatable bonds is 3. The number of hydrogen-bond donors (Lipinski definition) is 3. The molecule has 1 saturated heterocycles. The molecule has 98 valence electrons. The van der Waals surface area contributed by atoms with E-state index in [1.165, 1.54) is 12.8 Å². The van der Waals surface area contributed by atoms with Gasteiger partial charge in [0, 0.05) is 17.3 Å². The Hall–Kier alpha value is -1.26. The van der Waals surface area contributed by atoms with Crippen molar-refractivity contribution in [3.8, 4) is 0 Å². The Balaban J connectivity index is 1.73. The standard InChI is InChI=1S/C13H18ClN3O/c14-11-3-5-12(6-4-11)17-13(18)16-9-10-2-1-7-15-8-10/h3-6,10,15H,1-2,7-9H2,(H2,16,17,18). The summed E-state index contributed by atoms with van der Waals surface area (Å²) in [4.78, 5) is 11.7. The highest BCUT2D eigenvalue weighted by molar-refractivity contribution is 6.30. The third-order valence-corrected chi connectivity index (χ3v) is 3.30. The molecule has 5 heteroatoms. The number of anilines is 1. The van der Waals surface area contributed by atoms with Crippen molar-refractivity contribution in [2.75, 3.05) is 25.0 Å². The zero-order chi connectivity index (χ0) is 12.8. The number of benzene rings is 1. The number of amides is 2. The number of carbonyl (C=O) groups excluding carboxylic acids is 1. The number of carbonyl (C=O) groups is 1. The Morgan fingerprint density at radius 3 is 2.83 bits per heavy atom. The average Bonchev–Trinajstić information content (AvgIpc) is 2.40. The first kappa shape index (κ1) is 13.2. The summed E-state index contributed by atoms with van der Waals surface area (Å²) in [5.41, 5.74) is 0.749. The number of nitrogens with one attached hydrogen (secondary N) is 3. The minimum absolute atomic E-state index is 0.164. The van der Waals surface area contributed by atoms with Gasteiger partial charge in [-0.3, -0.25) is 0 Å². The molecule has 0 aliphatic carbocycles. The molecule has 3 N–H and O–H groups in total. The Morgan fingerprint density at radius 2 is 2.17 bits per heavy atom. The quantitative estimate of drug-likeness (QED) is 0.788. The van der Waals surface area contributed by atoms with E-state index in [2.05, 4.69) is 16.0 Å². The van der Waals surface area contributed by atoms with Gasteiger partial charge in [-0.2, -0.15) is 0 Å². The van der Waals surface area contributed by atoms with Gasteiger partial charge in [-0.1, -0.05) is 11.6 Å². The lowest BCUT2D eigenvalue weighted by atomic mass is 10.00. The molecule has 18 heavy (non-hydrogen) atoms. The van der Waals surface area contributed by atoms with Crippen LogP contribution < -0.4 is 16.0 Å². The predicted octanol–water partition coefficient (Wildman–Crippen LogP) is 2.46. The van der Waals surface area contributed by atoms with E-state index in [1.54, 1.807) is 24.3 Å². The van der Waals surface area contributed by atoms with Crippen LogP contribution in [-0.4, -0.2) is 25.7 Å². The molecule has 2 rings (SSSR count). The summed E-state index contributed by atoms with van der Waals surface area (Å²) >= 11 is 5.78. The minimum Gasteiger partial charge on any atom is -0.338 e. The van der Waals surface area contributed by atoms with Crippen LogP contribution in [0.15, 0.2) is 24.3 Å². The highest BCUT2D eigenvalue weighted by atomic mass is 35.5. The molecule has 1 aromatic carbocycles. The van der Waals surface area contributed by atoms with Gasteiger partial charge in [-0.15, -0.1) is 0 Å². The lowest BCUT2D eigenvalue weighted by Crippen LogP contribution is -2.39. The van der Waals surface area contributed by atoms with Gasteiger partial charge in [0.05, 0.1) is 0 Å². The van der Waals surface area contributed by atoms with Gasteiger partial charge in [0.2, 0.25) is 0 Å². The first-order valence-corrected chi connectivity index (χ1v) is 6.63. The summed E-state index contributed by atoms with van der Waals surface area (Å²) < 4.78 is 0. The monoisotopic (exact) mass is 267 g/mol. The van der Waals surface area contributed by atoms with Crippen LogP contribution in [-0.2, 0) is 0 Å². The molecule has 1 atom stereocenters. The van der Waals surface area contributed by atoms with Gasteiger partial charge in [0.25, 0.3) is 0 Å². The molecule has 0 bridgehead atoms. The molecule has 1 aromatic rings. The van der Waals surface area contributed by atoms with Crippen LogP contribution in [0.4, 0.5) is 10.5 Å². The van der Waals surface area contributed by atoms with E-state index in [0.717, 1.165) is 18.8 Å². The van der Waals surface area contributed by atoms with E-state index in [9.17, 15) is 4.79 Å². The van der Waals surface area contributed by atoms with Crippen molar-refractivity contribution < 1.29 is 4.79 Å². The Kier molecular flexibility index (Phi) is 4.84. The Bertz CT molecular complexity index is 388. The van der Waals surface area contributed by atoms with Gasteiger partial charge in [-0.25, -0.2) is 4.79 Å². The Labute approximate surface area is 112 Å². The molecular weight excluding hydrogens is 250 g/mol. The van der Waals surface area contributed by atoms with E-state index < -0.39 is 0 Å². The predicted molar refractivity (Wildman–Crippen MR) is 74.1 cm³/mol. The largest absolute Gasteiger partial charge is 0.338 e. The second-order valence-corrected chi connectivity index (χ2v) is 4.99. The van der Waals surface area contributed by atoms with E-state index in [1.807, 2.05) is 0 Å². The van der Waals surface area contributed by atoms with Crippen molar-refractivity contribution in [1.82, 2.24) is 10.6 Å². The van der Waals surface area contributed by atoms with Crippen LogP contribution in [0.2, 0.25) is 5.02 Å². The third-order valence-electron chi connectivity index (χ3n) is 3.05. The zero-order valence-corrected chi connectivity index (χ0v) is 11.0. The highest BCUT2D eigenvalue weighted by Crippen LogP contribution is 2.13. The molecule has 0 saturated carbocycles. The minimum atomic E-state index is -0.164. The molecule has 4 nitrogen and oxygen atoms in total. The van der Waals surface area contributed by atoms with Crippen LogP contribution in [0.3, 0.4) is 0 Å². The van der Waals surface area contributed by atoms with Gasteiger partial charge in [0.15, 0.2) is 0 Å². The lowest BCUT2D eigenvalue weighted by Gasteiger charge is -2.22. The fraction of sp³-hybridized carbons (Fsp3) is 0.462. The topological polar surface area (TPSA) is 53.2 Å². The SMILES string of the molecule is O=C(NCC1CCCNC1)Nc1ccc(Cl)cc1. The summed E-state index contributed by atoms with van der Waals surface area (Å²) in [6.45, 7) is 2.79. The molecule has 2 amide bonds. The summed E-state index contributed by atoms with van der Waals surface area (Å²) in [5, 5.41) is 9.66.